The molecule has 0 saturated heterocycles. The Morgan fingerprint density at radius 3 is 3.25 bits per heavy atom. The van der Waals surface area contributed by atoms with E-state index in [0.29, 0.717) is 0 Å². The van der Waals surface area contributed by atoms with Crippen molar-refractivity contribution in [3.8, 4) is 0 Å². The molecule has 1 aliphatic heterocycles. The smallest absolute Gasteiger partial charge is 0.0376 e. The Hall–Kier alpha value is -0.500. The van der Waals surface area contributed by atoms with E-state index in [9.17, 15) is 0 Å². The maximum absolute atomic E-state index is 3.51. The van der Waals surface area contributed by atoms with Crippen molar-refractivity contribution in [3.63, 3.8) is 0 Å². The van der Waals surface area contributed by atoms with Gasteiger partial charge in [0.1, 0.15) is 0 Å². The quantitative estimate of drug-likeness (QED) is 0.714. The second-order valence-corrected chi connectivity index (χ2v) is 4.63. The maximum Gasteiger partial charge on any atom is 0.0376 e. The molecule has 0 unspecified atom stereocenters. The number of fused-ring (bicyclic) bond motifs is 3. The van der Waals surface area contributed by atoms with Crippen LogP contribution in [0.2, 0.25) is 0 Å². The number of hydrogen-bond acceptors (Lipinski definition) is 1. The van der Waals surface area contributed by atoms with E-state index in [2.05, 4.69) is 39.4 Å². The van der Waals surface area contributed by atoms with Crippen LogP contribution in [-0.2, 0) is 0 Å². The molecule has 1 saturated carbocycles. The van der Waals surface area contributed by atoms with Crippen LogP contribution >= 0.6 is 15.9 Å². The first kappa shape index (κ1) is 6.96. The Kier molecular flexibility index (Phi) is 1.31. The molecule has 12 heavy (non-hydrogen) atoms. The van der Waals surface area contributed by atoms with Crippen LogP contribution in [0.15, 0.2) is 22.7 Å². The van der Waals surface area contributed by atoms with Crippen LogP contribution in [0.1, 0.15) is 17.9 Å². The maximum atomic E-state index is 3.51. The third-order valence-electron chi connectivity index (χ3n) is 2.89. The van der Waals surface area contributed by atoms with Crippen LogP contribution in [0.4, 0.5) is 5.69 Å². The van der Waals surface area contributed by atoms with E-state index in [-0.39, 0.29) is 0 Å². The van der Waals surface area contributed by atoms with Gasteiger partial charge in [-0.05, 0) is 42.0 Å². The normalized spacial score (nSPS) is 30.1. The molecule has 3 rings (SSSR count). The molecule has 0 spiro atoms. The summed E-state index contributed by atoms with van der Waals surface area (Å²) in [5.41, 5.74) is 2.86. The fraction of sp³-hybridized carbons (Fsp3) is 0.400. The van der Waals surface area contributed by atoms with Crippen LogP contribution in [-0.4, -0.2) is 6.54 Å². The van der Waals surface area contributed by atoms with Gasteiger partial charge in [0.25, 0.3) is 0 Å². The lowest BCUT2D eigenvalue weighted by molar-refractivity contribution is 0.816. The van der Waals surface area contributed by atoms with E-state index in [1.54, 1.807) is 0 Å². The van der Waals surface area contributed by atoms with Gasteiger partial charge in [0.2, 0.25) is 0 Å². The fourth-order valence-electron chi connectivity index (χ4n) is 2.10. The highest BCUT2D eigenvalue weighted by atomic mass is 79.9. The Morgan fingerprint density at radius 2 is 2.33 bits per heavy atom. The van der Waals surface area contributed by atoms with Gasteiger partial charge in [-0.15, -0.1) is 0 Å². The lowest BCUT2D eigenvalue weighted by Gasteiger charge is -2.17. The van der Waals surface area contributed by atoms with Gasteiger partial charge in [0, 0.05) is 16.7 Å². The molecule has 0 radical (unpaired) electrons. The first-order valence-electron chi connectivity index (χ1n) is 4.38. The molecule has 1 aliphatic carbocycles. The summed E-state index contributed by atoms with van der Waals surface area (Å²) in [7, 11) is 0. The van der Waals surface area contributed by atoms with Gasteiger partial charge in [-0.25, -0.2) is 0 Å². The average Bonchev–Trinajstić information content (AvgIpc) is 2.82. The third kappa shape index (κ3) is 0.908. The van der Waals surface area contributed by atoms with Crippen LogP contribution in [0, 0.1) is 5.92 Å². The van der Waals surface area contributed by atoms with Crippen molar-refractivity contribution in [2.75, 3.05) is 11.9 Å². The van der Waals surface area contributed by atoms with Crippen molar-refractivity contribution in [2.45, 2.75) is 12.3 Å². The highest BCUT2D eigenvalue weighted by Crippen LogP contribution is 2.53. The molecule has 1 aromatic rings. The van der Waals surface area contributed by atoms with Gasteiger partial charge < -0.3 is 5.32 Å². The summed E-state index contributed by atoms with van der Waals surface area (Å²) in [5, 5.41) is 3.46. The van der Waals surface area contributed by atoms with Gasteiger partial charge in [-0.3, -0.25) is 0 Å². The van der Waals surface area contributed by atoms with Crippen LogP contribution in [0.25, 0.3) is 0 Å². The summed E-state index contributed by atoms with van der Waals surface area (Å²) in [6.45, 7) is 1.18. The first-order valence-corrected chi connectivity index (χ1v) is 5.17. The second kappa shape index (κ2) is 2.25. The van der Waals surface area contributed by atoms with Crippen molar-refractivity contribution in [1.82, 2.24) is 0 Å². The molecule has 1 nitrogen and oxygen atoms in total. The number of halogens is 1. The minimum absolute atomic E-state index is 0.860. The minimum atomic E-state index is 0.860. The fourth-order valence-corrected chi connectivity index (χ4v) is 2.48. The van der Waals surface area contributed by atoms with Gasteiger partial charge in [-0.1, -0.05) is 15.9 Å². The van der Waals surface area contributed by atoms with E-state index in [1.165, 1.54) is 28.7 Å². The van der Waals surface area contributed by atoms with Crippen LogP contribution in [0.5, 0.6) is 0 Å². The van der Waals surface area contributed by atoms with Crippen molar-refractivity contribution in [2.24, 2.45) is 5.92 Å². The van der Waals surface area contributed by atoms with Gasteiger partial charge in [0.15, 0.2) is 0 Å². The van der Waals surface area contributed by atoms with E-state index in [0.717, 1.165) is 11.8 Å². The molecule has 1 aromatic carbocycles. The predicted molar refractivity (Wildman–Crippen MR) is 53.5 cm³/mol. The van der Waals surface area contributed by atoms with Crippen molar-refractivity contribution < 1.29 is 0 Å². The first-order chi connectivity index (χ1) is 5.84. The van der Waals surface area contributed by atoms with Crippen LogP contribution < -0.4 is 5.32 Å². The average molecular weight is 224 g/mol. The lowest BCUT2D eigenvalue weighted by Crippen LogP contribution is -2.11. The SMILES string of the molecule is Brc1ccc2c(c1)[C@@H]1C[C@@H]1CN2. The summed E-state index contributed by atoms with van der Waals surface area (Å²) in [6, 6.07) is 6.54. The molecule has 0 bridgehead atoms. The van der Waals surface area contributed by atoms with E-state index >= 15 is 0 Å². The summed E-state index contributed by atoms with van der Waals surface area (Å²) < 4.78 is 1.20. The zero-order valence-corrected chi connectivity index (χ0v) is 8.26. The van der Waals surface area contributed by atoms with Crippen molar-refractivity contribution in [3.05, 3.63) is 28.2 Å². The molecule has 1 fully saturated rings. The standard InChI is InChI=1S/C10H10BrN/c11-7-1-2-10-9(4-7)8-3-6(8)5-12-10/h1-2,4,6,8,12H,3,5H2/t6-,8-/m1/s1. The van der Waals surface area contributed by atoms with E-state index < -0.39 is 0 Å². The number of benzene rings is 1. The summed E-state index contributed by atoms with van der Waals surface area (Å²) >= 11 is 3.51. The van der Waals surface area contributed by atoms with Gasteiger partial charge in [0.05, 0.1) is 0 Å². The predicted octanol–water partition coefficient (Wildman–Crippen LogP) is 2.98. The van der Waals surface area contributed by atoms with Gasteiger partial charge >= 0.3 is 0 Å². The Balaban J connectivity index is 2.14. The number of rotatable bonds is 0. The largest absolute Gasteiger partial charge is 0.385 e. The molecule has 1 heterocycles. The summed E-state index contributed by atoms with van der Waals surface area (Å²) in [5.74, 6) is 1.78. The Morgan fingerprint density at radius 1 is 1.42 bits per heavy atom. The lowest BCUT2D eigenvalue weighted by atomic mass is 10.0. The number of nitrogens with one attached hydrogen (secondary N) is 1. The Labute approximate surface area is 80.3 Å². The molecule has 2 atom stereocenters. The second-order valence-electron chi connectivity index (χ2n) is 3.71. The van der Waals surface area contributed by atoms with Crippen molar-refractivity contribution in [1.29, 1.82) is 0 Å². The van der Waals surface area contributed by atoms with E-state index in [4.69, 9.17) is 0 Å². The number of hydrogen-bond donors (Lipinski definition) is 1. The van der Waals surface area contributed by atoms with Crippen molar-refractivity contribution >= 4 is 21.6 Å². The minimum Gasteiger partial charge on any atom is -0.385 e. The van der Waals surface area contributed by atoms with Crippen LogP contribution in [0.3, 0.4) is 0 Å². The zero-order chi connectivity index (χ0) is 8.13. The summed E-state index contributed by atoms with van der Waals surface area (Å²) in [6.07, 6.45) is 1.39. The molecule has 62 valence electrons. The topological polar surface area (TPSA) is 12.0 Å². The molecule has 0 aromatic heterocycles. The highest BCUT2D eigenvalue weighted by molar-refractivity contribution is 9.10. The third-order valence-corrected chi connectivity index (χ3v) is 3.38. The number of anilines is 1. The molecular formula is C10H10BrN. The van der Waals surface area contributed by atoms with Gasteiger partial charge in [-0.2, -0.15) is 0 Å². The molecule has 0 amide bonds. The zero-order valence-electron chi connectivity index (χ0n) is 6.68. The van der Waals surface area contributed by atoms with E-state index in [1.807, 2.05) is 0 Å². The molecular weight excluding hydrogens is 214 g/mol. The Bertz CT molecular complexity index is 335. The highest BCUT2D eigenvalue weighted by Gasteiger charge is 2.42. The molecule has 2 heteroatoms. The molecule has 2 aliphatic rings. The molecule has 1 N–H and O–H groups in total. The monoisotopic (exact) mass is 223 g/mol. The summed E-state index contributed by atoms with van der Waals surface area (Å²) in [4.78, 5) is 0.